The van der Waals surface area contributed by atoms with Crippen molar-refractivity contribution in [3.63, 3.8) is 0 Å². The van der Waals surface area contributed by atoms with E-state index in [4.69, 9.17) is 4.74 Å². The monoisotopic (exact) mass is 260 g/mol. The number of hydrogen-bond donors (Lipinski definition) is 0. The minimum atomic E-state index is -2.28. The maximum absolute atomic E-state index is 11.4. The number of ketones is 1. The van der Waals surface area contributed by atoms with Crippen molar-refractivity contribution in [1.29, 1.82) is 0 Å². The Morgan fingerprint density at radius 3 is 2.29 bits per heavy atom. The second-order valence-corrected chi connectivity index (χ2v) is 4.23. The van der Waals surface area contributed by atoms with Crippen molar-refractivity contribution in [2.45, 2.75) is 27.2 Å². The SMILES string of the molecule is CCOC(=O)C(CC=C(C)C=S(=O)=O)C(C)=O. The van der Waals surface area contributed by atoms with Gasteiger partial charge in [0.05, 0.1) is 12.0 Å². The number of hydrogen-bond acceptors (Lipinski definition) is 5. The van der Waals surface area contributed by atoms with E-state index in [-0.39, 0.29) is 18.8 Å². The molecule has 1 unspecified atom stereocenters. The van der Waals surface area contributed by atoms with Crippen LogP contribution in [-0.4, -0.2) is 32.1 Å². The maximum Gasteiger partial charge on any atom is 0.316 e. The lowest BCUT2D eigenvalue weighted by molar-refractivity contribution is -0.150. The second kappa shape index (κ2) is 7.78. The quantitative estimate of drug-likeness (QED) is 0.305. The number of Topliss-reactive ketones (excluding diaryl/α,β-unsaturated/α-hetero) is 1. The average molecular weight is 260 g/mol. The van der Waals surface area contributed by atoms with E-state index in [9.17, 15) is 18.0 Å². The molecule has 0 aromatic rings. The topological polar surface area (TPSA) is 77.5 Å². The van der Waals surface area contributed by atoms with Gasteiger partial charge < -0.3 is 4.74 Å². The molecule has 0 aromatic carbocycles. The average Bonchev–Trinajstić information content (AvgIpc) is 2.16. The van der Waals surface area contributed by atoms with Crippen molar-refractivity contribution < 1.29 is 22.7 Å². The van der Waals surface area contributed by atoms with Crippen LogP contribution in [0.1, 0.15) is 27.2 Å². The van der Waals surface area contributed by atoms with Crippen LogP contribution in [-0.2, 0) is 24.6 Å². The Bertz CT molecular complexity index is 436. The highest BCUT2D eigenvalue weighted by molar-refractivity contribution is 7.71. The molecular weight excluding hydrogens is 244 g/mol. The summed E-state index contributed by atoms with van der Waals surface area (Å²) in [6, 6.07) is 0. The highest BCUT2D eigenvalue weighted by Crippen LogP contribution is 2.10. The van der Waals surface area contributed by atoms with Gasteiger partial charge in [0.15, 0.2) is 0 Å². The van der Waals surface area contributed by atoms with Crippen molar-refractivity contribution in [3.8, 4) is 0 Å². The smallest absolute Gasteiger partial charge is 0.316 e. The fourth-order valence-electron chi connectivity index (χ4n) is 1.17. The van der Waals surface area contributed by atoms with Crippen molar-refractivity contribution in [2.75, 3.05) is 6.61 Å². The molecule has 0 rings (SSSR count). The third-order valence-electron chi connectivity index (χ3n) is 2.02. The van der Waals surface area contributed by atoms with Gasteiger partial charge in [-0.3, -0.25) is 9.59 Å². The second-order valence-electron chi connectivity index (χ2n) is 3.48. The van der Waals surface area contributed by atoms with Gasteiger partial charge in [-0.15, -0.1) is 0 Å². The van der Waals surface area contributed by atoms with Gasteiger partial charge in [0.1, 0.15) is 11.7 Å². The summed E-state index contributed by atoms with van der Waals surface area (Å²) < 4.78 is 25.5. The lowest BCUT2D eigenvalue weighted by Gasteiger charge is -2.10. The van der Waals surface area contributed by atoms with Crippen molar-refractivity contribution in [1.82, 2.24) is 0 Å². The van der Waals surface area contributed by atoms with Gasteiger partial charge in [0.2, 0.25) is 10.3 Å². The summed E-state index contributed by atoms with van der Waals surface area (Å²) in [5.74, 6) is -1.73. The molecule has 0 radical (unpaired) electrons. The molecule has 1 atom stereocenters. The van der Waals surface area contributed by atoms with Gasteiger partial charge in [0.25, 0.3) is 0 Å². The molecule has 0 saturated heterocycles. The molecule has 5 nitrogen and oxygen atoms in total. The predicted molar refractivity (Wildman–Crippen MR) is 64.2 cm³/mol. The molecule has 0 aliphatic carbocycles. The Labute approximate surface area is 102 Å². The molecule has 0 heterocycles. The van der Waals surface area contributed by atoms with Gasteiger partial charge in [0, 0.05) is 0 Å². The fraction of sp³-hybridized carbons (Fsp3) is 0.545. The number of allylic oxidation sites excluding steroid dienone is 2. The van der Waals surface area contributed by atoms with E-state index in [0.29, 0.717) is 5.57 Å². The van der Waals surface area contributed by atoms with E-state index >= 15 is 0 Å². The van der Waals surface area contributed by atoms with Gasteiger partial charge in [-0.1, -0.05) is 6.08 Å². The maximum atomic E-state index is 11.4. The first-order valence-corrected chi connectivity index (χ1v) is 6.29. The largest absolute Gasteiger partial charge is 0.465 e. The summed E-state index contributed by atoms with van der Waals surface area (Å²) in [5, 5.41) is 1.02. The van der Waals surface area contributed by atoms with Crippen LogP contribution >= 0.6 is 0 Å². The number of carbonyl (C=O) groups is 2. The molecule has 0 spiro atoms. The Balaban J connectivity index is 4.74. The van der Waals surface area contributed by atoms with Gasteiger partial charge in [-0.25, -0.2) is 0 Å². The predicted octanol–water partition coefficient (Wildman–Crippen LogP) is 0.772. The summed E-state index contributed by atoms with van der Waals surface area (Å²) in [4.78, 5) is 22.6. The summed E-state index contributed by atoms with van der Waals surface area (Å²) >= 11 is 0. The van der Waals surface area contributed by atoms with Gasteiger partial charge >= 0.3 is 5.97 Å². The fourth-order valence-corrected chi connectivity index (χ4v) is 1.57. The van der Waals surface area contributed by atoms with E-state index in [1.54, 1.807) is 13.8 Å². The zero-order valence-corrected chi connectivity index (χ0v) is 10.9. The third-order valence-corrected chi connectivity index (χ3v) is 2.58. The molecule has 0 bridgehead atoms. The molecule has 96 valence electrons. The Kier molecular flexibility index (Phi) is 7.13. The molecule has 6 heteroatoms. The lowest BCUT2D eigenvalue weighted by atomic mass is 10.0. The Hall–Kier alpha value is -1.43. The van der Waals surface area contributed by atoms with Crippen LogP contribution < -0.4 is 0 Å². The van der Waals surface area contributed by atoms with Crippen LogP contribution in [0.25, 0.3) is 0 Å². The van der Waals surface area contributed by atoms with E-state index in [1.165, 1.54) is 13.0 Å². The van der Waals surface area contributed by atoms with Crippen LogP contribution in [0.15, 0.2) is 11.6 Å². The van der Waals surface area contributed by atoms with Crippen molar-refractivity contribution >= 4 is 27.4 Å². The number of rotatable bonds is 6. The molecule has 0 fully saturated rings. The first-order valence-electron chi connectivity index (χ1n) is 5.15. The van der Waals surface area contributed by atoms with Crippen LogP contribution in [0.4, 0.5) is 0 Å². The number of esters is 1. The zero-order chi connectivity index (χ0) is 13.4. The third kappa shape index (κ3) is 6.68. The van der Waals surface area contributed by atoms with Crippen LogP contribution in [0, 0.1) is 5.92 Å². The van der Waals surface area contributed by atoms with E-state index in [0.717, 1.165) is 5.37 Å². The lowest BCUT2D eigenvalue weighted by Crippen LogP contribution is -2.23. The molecule has 0 N–H and O–H groups in total. The van der Waals surface area contributed by atoms with E-state index in [2.05, 4.69) is 0 Å². The van der Waals surface area contributed by atoms with Crippen molar-refractivity contribution in [2.24, 2.45) is 5.92 Å². The molecule has 0 amide bonds. The first kappa shape index (κ1) is 15.6. The minimum Gasteiger partial charge on any atom is -0.465 e. The highest BCUT2D eigenvalue weighted by atomic mass is 32.2. The van der Waals surface area contributed by atoms with Crippen molar-refractivity contribution in [3.05, 3.63) is 11.6 Å². The van der Waals surface area contributed by atoms with E-state index in [1.807, 2.05) is 0 Å². The van der Waals surface area contributed by atoms with Crippen LogP contribution in [0.5, 0.6) is 0 Å². The minimum absolute atomic E-state index is 0.147. The summed E-state index contributed by atoms with van der Waals surface area (Å²) in [5.41, 5.74) is 0.480. The molecule has 17 heavy (non-hydrogen) atoms. The summed E-state index contributed by atoms with van der Waals surface area (Å²) in [6.45, 7) is 4.75. The Morgan fingerprint density at radius 1 is 1.29 bits per heavy atom. The molecular formula is C11H16O5S. The normalized spacial score (nSPS) is 12.8. The first-order chi connectivity index (χ1) is 7.88. The molecule has 0 aliphatic rings. The summed E-state index contributed by atoms with van der Waals surface area (Å²) in [6.07, 6.45) is 1.67. The van der Waals surface area contributed by atoms with Gasteiger partial charge in [-0.2, -0.15) is 8.42 Å². The highest BCUT2D eigenvalue weighted by Gasteiger charge is 2.23. The van der Waals surface area contributed by atoms with E-state index < -0.39 is 22.2 Å². The van der Waals surface area contributed by atoms with Crippen LogP contribution in [0.2, 0.25) is 0 Å². The zero-order valence-electron chi connectivity index (χ0n) is 10.1. The number of ether oxygens (including phenoxy) is 1. The molecule has 0 aromatic heterocycles. The number of carbonyl (C=O) groups excluding carboxylic acids is 2. The molecule has 0 saturated carbocycles. The van der Waals surface area contributed by atoms with Crippen LogP contribution in [0.3, 0.4) is 0 Å². The molecule has 0 aliphatic heterocycles. The van der Waals surface area contributed by atoms with Gasteiger partial charge in [-0.05, 0) is 32.8 Å². The Morgan fingerprint density at radius 2 is 1.88 bits per heavy atom. The summed E-state index contributed by atoms with van der Waals surface area (Å²) in [7, 11) is -2.28. The standard InChI is InChI=1S/C11H16O5S/c1-4-16-11(13)10(9(3)12)6-5-8(2)7-17(14)15/h5,7,10H,4,6H2,1-3H3.